The molecule has 0 spiro atoms. The third kappa shape index (κ3) is 4.11. The minimum atomic E-state index is 0.654. The molecule has 0 radical (unpaired) electrons. The summed E-state index contributed by atoms with van der Waals surface area (Å²) in [5.74, 6) is 0.654. The van der Waals surface area contributed by atoms with Crippen LogP contribution in [0.2, 0.25) is 5.02 Å². The maximum Gasteiger partial charge on any atom is 0.0443 e. The van der Waals surface area contributed by atoms with Crippen LogP contribution in [0.1, 0.15) is 63.1 Å². The Kier molecular flexibility index (Phi) is 6.65. The van der Waals surface area contributed by atoms with Crippen LogP contribution in [0.4, 0.5) is 0 Å². The van der Waals surface area contributed by atoms with Gasteiger partial charge in [-0.3, -0.25) is 0 Å². The van der Waals surface area contributed by atoms with Crippen LogP contribution in [-0.4, -0.2) is 0 Å². The molecule has 1 atom stereocenters. The highest BCUT2D eigenvalue weighted by atomic mass is 35.5. The van der Waals surface area contributed by atoms with Crippen molar-refractivity contribution < 1.29 is 0 Å². The second-order valence-corrected chi connectivity index (χ2v) is 5.82. The lowest BCUT2D eigenvalue weighted by molar-refractivity contribution is 0.553. The minimum absolute atomic E-state index is 0.654. The van der Waals surface area contributed by atoms with E-state index in [0.29, 0.717) is 5.92 Å². The molecule has 1 heteroatoms. The molecule has 0 saturated carbocycles. The Balaban J connectivity index is 3.16. The fraction of sp³-hybridized carbons (Fsp3) is 0.556. The first kappa shape index (κ1) is 16.3. The molecule has 1 aromatic carbocycles. The largest absolute Gasteiger partial charge is 0.0840 e. The van der Waals surface area contributed by atoms with Gasteiger partial charge in [0.25, 0.3) is 0 Å². The van der Waals surface area contributed by atoms with Gasteiger partial charge in [0.2, 0.25) is 0 Å². The van der Waals surface area contributed by atoms with Crippen LogP contribution in [0.3, 0.4) is 0 Å². The van der Waals surface area contributed by atoms with Crippen molar-refractivity contribution in [1.82, 2.24) is 0 Å². The molecule has 19 heavy (non-hydrogen) atoms. The smallest absolute Gasteiger partial charge is 0.0443 e. The Morgan fingerprint density at radius 3 is 2.47 bits per heavy atom. The van der Waals surface area contributed by atoms with Crippen LogP contribution < -0.4 is 0 Å². The number of allylic oxidation sites excluding steroid dienone is 2. The first-order valence-corrected chi connectivity index (χ1v) is 7.86. The number of hydrogen-bond donors (Lipinski definition) is 0. The molecule has 0 aliphatic carbocycles. The van der Waals surface area contributed by atoms with Gasteiger partial charge < -0.3 is 0 Å². The van der Waals surface area contributed by atoms with Crippen LogP contribution in [0, 0.1) is 19.8 Å². The molecule has 0 fully saturated rings. The van der Waals surface area contributed by atoms with Crippen molar-refractivity contribution in [1.29, 1.82) is 0 Å². The molecule has 106 valence electrons. The quantitative estimate of drug-likeness (QED) is 0.551. The Morgan fingerprint density at radius 1 is 1.26 bits per heavy atom. The van der Waals surface area contributed by atoms with E-state index in [2.05, 4.69) is 52.8 Å². The second kappa shape index (κ2) is 7.75. The Morgan fingerprint density at radius 2 is 1.95 bits per heavy atom. The van der Waals surface area contributed by atoms with Crippen LogP contribution in [0.5, 0.6) is 0 Å². The standard InChI is InChI=1S/C18H27Cl/c1-6-9-10-15(7-2)16(8-3)17-11-13(4)12-18(19)14(17)5/h8,11-12,15H,6-7,9-10H2,1-5H3/b16-8-. The van der Waals surface area contributed by atoms with Gasteiger partial charge in [-0.25, -0.2) is 0 Å². The summed E-state index contributed by atoms with van der Waals surface area (Å²) in [7, 11) is 0. The first-order chi connectivity index (χ1) is 9.04. The summed E-state index contributed by atoms with van der Waals surface area (Å²) in [6.07, 6.45) is 7.32. The summed E-state index contributed by atoms with van der Waals surface area (Å²) in [5.41, 5.74) is 5.28. The zero-order chi connectivity index (χ0) is 14.4. The Labute approximate surface area is 123 Å². The molecule has 0 aliphatic rings. The Hall–Kier alpha value is -0.750. The molecule has 0 bridgehead atoms. The van der Waals surface area contributed by atoms with Crippen LogP contribution in [-0.2, 0) is 0 Å². The highest BCUT2D eigenvalue weighted by Crippen LogP contribution is 2.35. The van der Waals surface area contributed by atoms with Crippen LogP contribution in [0.25, 0.3) is 5.57 Å². The predicted octanol–water partition coefficient (Wildman–Crippen LogP) is 6.58. The van der Waals surface area contributed by atoms with Crippen molar-refractivity contribution in [3.63, 3.8) is 0 Å². The highest BCUT2D eigenvalue weighted by molar-refractivity contribution is 6.31. The molecular weight excluding hydrogens is 252 g/mol. The van der Waals surface area contributed by atoms with Crippen LogP contribution in [0.15, 0.2) is 18.2 Å². The van der Waals surface area contributed by atoms with Crippen molar-refractivity contribution in [2.24, 2.45) is 5.92 Å². The topological polar surface area (TPSA) is 0 Å². The number of rotatable bonds is 6. The van der Waals surface area contributed by atoms with Crippen molar-refractivity contribution in [3.05, 3.63) is 39.9 Å². The average Bonchev–Trinajstić information content (AvgIpc) is 2.39. The van der Waals surface area contributed by atoms with E-state index in [4.69, 9.17) is 11.6 Å². The van der Waals surface area contributed by atoms with Gasteiger partial charge in [0.05, 0.1) is 0 Å². The summed E-state index contributed by atoms with van der Waals surface area (Å²) in [6, 6.07) is 4.34. The summed E-state index contributed by atoms with van der Waals surface area (Å²) in [5, 5.41) is 0.889. The highest BCUT2D eigenvalue weighted by Gasteiger charge is 2.16. The fourth-order valence-corrected chi connectivity index (χ4v) is 3.03. The lowest BCUT2D eigenvalue weighted by Crippen LogP contribution is -2.04. The molecule has 0 N–H and O–H groups in total. The molecule has 0 amide bonds. The zero-order valence-corrected chi connectivity index (χ0v) is 13.8. The van der Waals surface area contributed by atoms with Gasteiger partial charge in [0, 0.05) is 5.02 Å². The van der Waals surface area contributed by atoms with E-state index in [0.717, 1.165) is 5.02 Å². The summed E-state index contributed by atoms with van der Waals surface area (Å²) >= 11 is 6.35. The zero-order valence-electron chi connectivity index (χ0n) is 13.0. The summed E-state index contributed by atoms with van der Waals surface area (Å²) in [4.78, 5) is 0. The maximum absolute atomic E-state index is 6.35. The molecule has 1 rings (SSSR count). The predicted molar refractivity (Wildman–Crippen MR) is 87.9 cm³/mol. The molecule has 1 unspecified atom stereocenters. The number of halogens is 1. The van der Waals surface area contributed by atoms with Gasteiger partial charge in [-0.1, -0.05) is 50.4 Å². The minimum Gasteiger partial charge on any atom is -0.0840 e. The molecule has 0 nitrogen and oxygen atoms in total. The summed E-state index contributed by atoms with van der Waals surface area (Å²) in [6.45, 7) is 11.0. The molecule has 0 heterocycles. The first-order valence-electron chi connectivity index (χ1n) is 7.48. The SMILES string of the molecule is C/C=C(\c1cc(C)cc(Cl)c1C)C(CC)CCCC. The van der Waals surface area contributed by atoms with Crippen molar-refractivity contribution in [2.75, 3.05) is 0 Å². The van der Waals surface area contributed by atoms with Crippen molar-refractivity contribution >= 4 is 17.2 Å². The van der Waals surface area contributed by atoms with Gasteiger partial charge in [0.15, 0.2) is 0 Å². The molecular formula is C18H27Cl. The fourth-order valence-electron chi connectivity index (χ4n) is 2.76. The van der Waals surface area contributed by atoms with Gasteiger partial charge in [0.1, 0.15) is 0 Å². The normalized spacial score (nSPS) is 13.7. The molecule has 0 aromatic heterocycles. The monoisotopic (exact) mass is 278 g/mol. The molecule has 0 aliphatic heterocycles. The maximum atomic E-state index is 6.35. The molecule has 0 saturated heterocycles. The van der Waals surface area contributed by atoms with Crippen LogP contribution >= 0.6 is 11.6 Å². The van der Waals surface area contributed by atoms with E-state index in [9.17, 15) is 0 Å². The van der Waals surface area contributed by atoms with Gasteiger partial charge in [-0.05, 0) is 67.9 Å². The van der Waals surface area contributed by atoms with E-state index < -0.39 is 0 Å². The number of hydrogen-bond acceptors (Lipinski definition) is 0. The van der Waals surface area contributed by atoms with Crippen molar-refractivity contribution in [3.8, 4) is 0 Å². The van der Waals surface area contributed by atoms with Gasteiger partial charge in [-0.15, -0.1) is 0 Å². The average molecular weight is 279 g/mol. The Bertz CT molecular complexity index is 443. The van der Waals surface area contributed by atoms with Gasteiger partial charge >= 0.3 is 0 Å². The number of aryl methyl sites for hydroxylation is 1. The third-order valence-corrected chi connectivity index (χ3v) is 4.34. The number of unbranched alkanes of at least 4 members (excludes halogenated alkanes) is 1. The summed E-state index contributed by atoms with van der Waals surface area (Å²) < 4.78 is 0. The molecule has 1 aromatic rings. The second-order valence-electron chi connectivity index (χ2n) is 5.41. The van der Waals surface area contributed by atoms with E-state index in [1.54, 1.807) is 0 Å². The van der Waals surface area contributed by atoms with Crippen molar-refractivity contribution in [2.45, 2.75) is 60.3 Å². The van der Waals surface area contributed by atoms with Gasteiger partial charge in [-0.2, -0.15) is 0 Å². The van der Waals surface area contributed by atoms with E-state index in [1.807, 2.05) is 0 Å². The lowest BCUT2D eigenvalue weighted by Gasteiger charge is -2.21. The lowest BCUT2D eigenvalue weighted by atomic mass is 9.84. The van der Waals surface area contributed by atoms with E-state index in [-0.39, 0.29) is 0 Å². The van der Waals surface area contributed by atoms with E-state index >= 15 is 0 Å². The van der Waals surface area contributed by atoms with E-state index in [1.165, 1.54) is 47.9 Å². The third-order valence-electron chi connectivity index (χ3n) is 3.95. The number of benzene rings is 1.